The Morgan fingerprint density at radius 3 is 2.58 bits per heavy atom. The predicted molar refractivity (Wildman–Crippen MR) is 47.1 cm³/mol. The zero-order chi connectivity index (χ0) is 9.35. The number of aryl methyl sites for hydroxylation is 1. The summed E-state index contributed by atoms with van der Waals surface area (Å²) in [5.41, 5.74) is -0.0626. The van der Waals surface area contributed by atoms with E-state index >= 15 is 0 Å². The molecule has 0 aliphatic heterocycles. The molecule has 0 aliphatic rings. The SMILES string of the molecule is [B]C([B])(O)c1ccn(C)c(=O)c1. The van der Waals surface area contributed by atoms with Gasteiger partial charge in [-0.15, -0.1) is 0 Å². The molecular weight excluding hydrogens is 152 g/mol. The van der Waals surface area contributed by atoms with Gasteiger partial charge in [0.05, 0.1) is 0 Å². The number of rotatable bonds is 1. The summed E-state index contributed by atoms with van der Waals surface area (Å²) in [6.45, 7) is 0. The molecule has 0 fully saturated rings. The molecule has 0 saturated carbocycles. The van der Waals surface area contributed by atoms with E-state index in [2.05, 4.69) is 0 Å². The first-order chi connectivity index (χ1) is 5.41. The molecule has 3 nitrogen and oxygen atoms in total. The Labute approximate surface area is 72.9 Å². The summed E-state index contributed by atoms with van der Waals surface area (Å²) >= 11 is 0. The van der Waals surface area contributed by atoms with Crippen LogP contribution in [0.3, 0.4) is 0 Å². The summed E-state index contributed by atoms with van der Waals surface area (Å²) in [6, 6.07) is 2.68. The molecule has 58 valence electrons. The number of aromatic nitrogens is 1. The van der Waals surface area contributed by atoms with Gasteiger partial charge >= 0.3 is 0 Å². The summed E-state index contributed by atoms with van der Waals surface area (Å²) in [6.07, 6.45) is 1.49. The fraction of sp³-hybridized carbons (Fsp3) is 0.286. The van der Waals surface area contributed by atoms with Crippen LogP contribution >= 0.6 is 0 Å². The van der Waals surface area contributed by atoms with Crippen molar-refractivity contribution in [2.75, 3.05) is 0 Å². The average Bonchev–Trinajstić information content (AvgIpc) is 1.92. The van der Waals surface area contributed by atoms with E-state index in [9.17, 15) is 4.79 Å². The summed E-state index contributed by atoms with van der Waals surface area (Å²) in [5.74, 6) is 0. The Balaban J connectivity index is 3.23. The lowest BCUT2D eigenvalue weighted by Gasteiger charge is -2.18. The van der Waals surface area contributed by atoms with Crippen LogP contribution in [0.5, 0.6) is 0 Å². The number of hydrogen-bond acceptors (Lipinski definition) is 2. The van der Waals surface area contributed by atoms with Crippen LogP contribution in [0, 0.1) is 0 Å². The van der Waals surface area contributed by atoms with E-state index < -0.39 is 5.40 Å². The molecule has 1 heterocycles. The van der Waals surface area contributed by atoms with Crippen LogP contribution in [0.1, 0.15) is 5.56 Å². The van der Waals surface area contributed by atoms with Crippen LogP contribution in [0.4, 0.5) is 0 Å². The molecule has 12 heavy (non-hydrogen) atoms. The molecule has 0 spiro atoms. The molecule has 0 atom stereocenters. The van der Waals surface area contributed by atoms with Crippen LogP contribution < -0.4 is 5.56 Å². The first-order valence-corrected chi connectivity index (χ1v) is 3.38. The molecule has 1 aromatic heterocycles. The maximum absolute atomic E-state index is 11.0. The first-order valence-electron chi connectivity index (χ1n) is 3.38. The highest BCUT2D eigenvalue weighted by Gasteiger charge is 2.14. The monoisotopic (exact) mass is 159 g/mol. The van der Waals surface area contributed by atoms with Crippen molar-refractivity contribution in [3.8, 4) is 0 Å². The van der Waals surface area contributed by atoms with Crippen LogP contribution in [-0.2, 0) is 12.4 Å². The smallest absolute Gasteiger partial charge is 0.250 e. The normalized spacial score (nSPS) is 11.5. The Kier molecular flexibility index (Phi) is 2.15. The second-order valence-electron chi connectivity index (χ2n) is 2.69. The Hall–Kier alpha value is -0.960. The van der Waals surface area contributed by atoms with E-state index in [4.69, 9.17) is 20.8 Å². The average molecular weight is 159 g/mol. The van der Waals surface area contributed by atoms with E-state index in [1.54, 1.807) is 7.05 Å². The molecule has 1 N–H and O–H groups in total. The number of aliphatic hydroxyl groups is 1. The van der Waals surface area contributed by atoms with Crippen molar-refractivity contribution in [3.63, 3.8) is 0 Å². The third-order valence-electron chi connectivity index (χ3n) is 1.57. The predicted octanol–water partition coefficient (Wildman–Crippen LogP) is -1.18. The van der Waals surface area contributed by atoms with E-state index in [1.165, 1.54) is 22.9 Å². The quantitative estimate of drug-likeness (QED) is 0.524. The third kappa shape index (κ3) is 1.80. The number of nitrogens with zero attached hydrogens (tertiary/aromatic N) is 1. The maximum atomic E-state index is 11.0. The molecule has 0 amide bonds. The van der Waals surface area contributed by atoms with Crippen molar-refractivity contribution in [3.05, 3.63) is 34.2 Å². The van der Waals surface area contributed by atoms with Gasteiger partial charge in [-0.25, -0.2) is 0 Å². The van der Waals surface area contributed by atoms with Gasteiger partial charge in [0.25, 0.3) is 5.56 Å². The van der Waals surface area contributed by atoms with E-state index in [1.807, 2.05) is 0 Å². The molecule has 4 radical (unpaired) electrons. The molecule has 0 aliphatic carbocycles. The fourth-order valence-corrected chi connectivity index (χ4v) is 0.798. The van der Waals surface area contributed by atoms with Gasteiger partial charge in [-0.2, -0.15) is 0 Å². The Morgan fingerprint density at radius 1 is 1.58 bits per heavy atom. The van der Waals surface area contributed by atoms with Gasteiger partial charge < -0.3 is 9.67 Å². The molecule has 0 bridgehead atoms. The largest absolute Gasteiger partial charge is 0.405 e. The summed E-state index contributed by atoms with van der Waals surface area (Å²) < 4.78 is 1.36. The van der Waals surface area contributed by atoms with E-state index in [0.29, 0.717) is 0 Å². The topological polar surface area (TPSA) is 42.2 Å². The molecule has 0 saturated heterocycles. The van der Waals surface area contributed by atoms with Gasteiger partial charge in [0.2, 0.25) is 0 Å². The second kappa shape index (κ2) is 2.83. The highest BCUT2D eigenvalue weighted by molar-refractivity contribution is 6.38. The van der Waals surface area contributed by atoms with Crippen LogP contribution in [0.2, 0.25) is 0 Å². The highest BCUT2D eigenvalue weighted by atomic mass is 16.3. The minimum atomic E-state index is -1.94. The lowest BCUT2D eigenvalue weighted by molar-refractivity contribution is 0.216. The molecule has 0 aromatic carbocycles. The minimum Gasteiger partial charge on any atom is -0.405 e. The zero-order valence-electron chi connectivity index (χ0n) is 6.69. The lowest BCUT2D eigenvalue weighted by Crippen LogP contribution is -2.29. The summed E-state index contributed by atoms with van der Waals surface area (Å²) in [7, 11) is 11.9. The highest BCUT2D eigenvalue weighted by Crippen LogP contribution is 2.09. The van der Waals surface area contributed by atoms with Gasteiger partial charge in [-0.1, -0.05) is 0 Å². The van der Waals surface area contributed by atoms with Gasteiger partial charge in [0.1, 0.15) is 15.7 Å². The van der Waals surface area contributed by atoms with Crippen molar-refractivity contribution >= 4 is 15.7 Å². The molecule has 1 aromatic rings. The van der Waals surface area contributed by atoms with Crippen LogP contribution in [-0.4, -0.2) is 25.4 Å². The minimum absolute atomic E-state index is 0.200. The second-order valence-corrected chi connectivity index (χ2v) is 2.69. The molecule has 1 rings (SSSR count). The Bertz CT molecular complexity index is 340. The van der Waals surface area contributed by atoms with Gasteiger partial charge in [-0.3, -0.25) is 4.79 Å². The number of pyridine rings is 1. The van der Waals surface area contributed by atoms with Gasteiger partial charge in [-0.05, 0) is 11.6 Å². The molecule has 5 heteroatoms. The van der Waals surface area contributed by atoms with Crippen molar-refractivity contribution in [1.82, 2.24) is 4.57 Å². The first kappa shape index (κ1) is 9.13. The fourth-order valence-electron chi connectivity index (χ4n) is 0.798. The van der Waals surface area contributed by atoms with Crippen molar-refractivity contribution < 1.29 is 5.11 Å². The van der Waals surface area contributed by atoms with Crippen molar-refractivity contribution in [2.24, 2.45) is 7.05 Å². The standard InChI is InChI=1S/C7H7B2NO2/c1-10-3-2-5(4-6(10)11)7(8,9)12/h2-4,12H,1H3. The van der Waals surface area contributed by atoms with E-state index in [0.717, 1.165) is 0 Å². The van der Waals surface area contributed by atoms with Crippen LogP contribution in [0.15, 0.2) is 23.1 Å². The Morgan fingerprint density at radius 2 is 2.17 bits per heavy atom. The van der Waals surface area contributed by atoms with E-state index in [-0.39, 0.29) is 11.1 Å². The van der Waals surface area contributed by atoms with Gasteiger partial charge in [0, 0.05) is 24.7 Å². The third-order valence-corrected chi connectivity index (χ3v) is 1.57. The van der Waals surface area contributed by atoms with Crippen molar-refractivity contribution in [2.45, 2.75) is 5.40 Å². The lowest BCUT2D eigenvalue weighted by atomic mass is 9.62. The van der Waals surface area contributed by atoms with Crippen molar-refractivity contribution in [1.29, 1.82) is 0 Å². The summed E-state index contributed by atoms with van der Waals surface area (Å²) in [5, 5.41) is 7.17. The maximum Gasteiger partial charge on any atom is 0.250 e. The van der Waals surface area contributed by atoms with Crippen LogP contribution in [0.25, 0.3) is 0 Å². The molecular formula is C7H7B2NO2. The molecule has 0 unspecified atom stereocenters. The number of hydrogen-bond donors (Lipinski definition) is 1. The summed E-state index contributed by atoms with van der Waals surface area (Å²) in [4.78, 5) is 11.0. The van der Waals surface area contributed by atoms with Gasteiger partial charge in [0.15, 0.2) is 0 Å². The zero-order valence-corrected chi connectivity index (χ0v) is 6.69.